The van der Waals surface area contributed by atoms with E-state index in [0.717, 1.165) is 27.0 Å². The Kier molecular flexibility index (Phi) is 6.87. The topological polar surface area (TPSA) is 29.5 Å². The lowest BCUT2D eigenvalue weighted by Gasteiger charge is -2.23. The molecular weight excluding hydrogens is 497 g/mol. The highest BCUT2D eigenvalue weighted by Gasteiger charge is 2.15. The molecule has 4 heteroatoms. The van der Waals surface area contributed by atoms with Crippen molar-refractivity contribution in [3.8, 4) is 5.75 Å². The molecule has 0 fully saturated rings. The number of hydrogen-bond donors (Lipinski definition) is 0. The summed E-state index contributed by atoms with van der Waals surface area (Å²) in [5.74, 6) is 0.877. The minimum absolute atomic E-state index is 0.0415. The third-order valence-electron chi connectivity index (χ3n) is 5.27. The second-order valence-electron chi connectivity index (χ2n) is 7.49. The van der Waals surface area contributed by atoms with Crippen molar-refractivity contribution in [3.63, 3.8) is 0 Å². The van der Waals surface area contributed by atoms with Crippen LogP contribution in [0.4, 0.5) is 5.69 Å². The zero-order valence-corrected chi connectivity index (χ0v) is 19.6. The molecule has 0 bridgehead atoms. The molecule has 0 saturated carbocycles. The predicted octanol–water partition coefficient (Wildman–Crippen LogP) is 6.62. The molecule has 0 spiro atoms. The van der Waals surface area contributed by atoms with Crippen LogP contribution in [0.25, 0.3) is 10.8 Å². The highest BCUT2D eigenvalue weighted by molar-refractivity contribution is 14.1. The second kappa shape index (κ2) is 9.96. The van der Waals surface area contributed by atoms with Gasteiger partial charge in [0, 0.05) is 17.0 Å². The lowest BCUT2D eigenvalue weighted by Crippen LogP contribution is -2.31. The van der Waals surface area contributed by atoms with Gasteiger partial charge < -0.3 is 9.64 Å². The quantitative estimate of drug-likeness (QED) is 0.256. The van der Waals surface area contributed by atoms with Crippen molar-refractivity contribution in [1.82, 2.24) is 0 Å². The molecule has 4 aromatic rings. The minimum Gasteiger partial charge on any atom is -0.489 e. The van der Waals surface area contributed by atoms with Gasteiger partial charge in [0.15, 0.2) is 0 Å². The highest BCUT2D eigenvalue weighted by Crippen LogP contribution is 2.26. The van der Waals surface area contributed by atoms with Gasteiger partial charge in [-0.3, -0.25) is 4.79 Å². The monoisotopic (exact) mass is 521 g/mol. The van der Waals surface area contributed by atoms with Gasteiger partial charge in [0.25, 0.3) is 0 Å². The van der Waals surface area contributed by atoms with E-state index in [1.807, 2.05) is 41.3 Å². The van der Waals surface area contributed by atoms with Crippen LogP contribution in [0.5, 0.6) is 5.75 Å². The summed E-state index contributed by atoms with van der Waals surface area (Å²) in [7, 11) is 0. The molecule has 0 aliphatic rings. The van der Waals surface area contributed by atoms with E-state index in [-0.39, 0.29) is 5.91 Å². The van der Waals surface area contributed by atoms with Crippen molar-refractivity contribution in [2.75, 3.05) is 11.4 Å². The van der Waals surface area contributed by atoms with Crippen molar-refractivity contribution < 1.29 is 9.53 Å². The van der Waals surface area contributed by atoms with E-state index in [4.69, 9.17) is 4.74 Å². The Morgan fingerprint density at radius 1 is 0.839 bits per heavy atom. The Labute approximate surface area is 196 Å². The fourth-order valence-electron chi connectivity index (χ4n) is 3.62. The fraction of sp³-hybridized carbons (Fsp3) is 0.148. The van der Waals surface area contributed by atoms with Crippen LogP contribution in [-0.4, -0.2) is 12.5 Å². The van der Waals surface area contributed by atoms with Gasteiger partial charge in [0.05, 0.1) is 5.69 Å². The molecule has 4 rings (SSSR count). The lowest BCUT2D eigenvalue weighted by molar-refractivity contribution is -0.116. The van der Waals surface area contributed by atoms with Gasteiger partial charge in [0.2, 0.25) is 5.91 Å². The largest absolute Gasteiger partial charge is 0.489 e. The first-order valence-corrected chi connectivity index (χ1v) is 11.4. The van der Waals surface area contributed by atoms with E-state index in [2.05, 4.69) is 77.2 Å². The zero-order valence-electron chi connectivity index (χ0n) is 17.4. The Morgan fingerprint density at radius 3 is 2.32 bits per heavy atom. The van der Waals surface area contributed by atoms with Crippen LogP contribution in [0.3, 0.4) is 0 Å². The summed E-state index contributed by atoms with van der Waals surface area (Å²) in [6, 6.07) is 30.8. The van der Waals surface area contributed by atoms with E-state index in [1.54, 1.807) is 6.92 Å². The van der Waals surface area contributed by atoms with Crippen molar-refractivity contribution in [1.29, 1.82) is 0 Å². The van der Waals surface area contributed by atoms with E-state index in [1.165, 1.54) is 16.3 Å². The molecule has 4 aromatic carbocycles. The SMILES string of the molecule is CC(=O)N(CCc1ccc2ccccc2c1)c1cc(COc2ccccc2)ccc1I. The van der Waals surface area contributed by atoms with Crippen LogP contribution < -0.4 is 9.64 Å². The van der Waals surface area contributed by atoms with Crippen molar-refractivity contribution >= 4 is 45.0 Å². The number of carbonyl (C=O) groups excluding carboxylic acids is 1. The third-order valence-corrected chi connectivity index (χ3v) is 6.18. The van der Waals surface area contributed by atoms with Gasteiger partial charge in [-0.15, -0.1) is 0 Å². The number of anilines is 1. The van der Waals surface area contributed by atoms with E-state index in [0.29, 0.717) is 13.2 Å². The van der Waals surface area contributed by atoms with Crippen LogP contribution in [0.1, 0.15) is 18.1 Å². The van der Waals surface area contributed by atoms with Crippen molar-refractivity contribution in [2.45, 2.75) is 20.0 Å². The molecule has 3 nitrogen and oxygen atoms in total. The molecule has 0 unspecified atom stereocenters. The molecule has 0 N–H and O–H groups in total. The molecular formula is C27H24INO2. The average molecular weight is 521 g/mol. The third kappa shape index (κ3) is 5.44. The molecule has 156 valence electrons. The number of fused-ring (bicyclic) bond motifs is 1. The number of halogens is 1. The van der Waals surface area contributed by atoms with E-state index in [9.17, 15) is 4.79 Å². The number of carbonyl (C=O) groups is 1. The van der Waals surface area contributed by atoms with E-state index >= 15 is 0 Å². The van der Waals surface area contributed by atoms with Crippen LogP contribution in [0.2, 0.25) is 0 Å². The van der Waals surface area contributed by atoms with Gasteiger partial charge in [-0.25, -0.2) is 0 Å². The maximum Gasteiger partial charge on any atom is 0.223 e. The molecule has 0 atom stereocenters. The number of amides is 1. The smallest absolute Gasteiger partial charge is 0.223 e. The Bertz CT molecular complexity index is 1190. The summed E-state index contributed by atoms with van der Waals surface area (Å²) >= 11 is 2.30. The van der Waals surface area contributed by atoms with E-state index < -0.39 is 0 Å². The number of benzene rings is 4. The van der Waals surface area contributed by atoms with Gasteiger partial charge in [-0.05, 0) is 75.2 Å². The predicted molar refractivity (Wildman–Crippen MR) is 136 cm³/mol. The van der Waals surface area contributed by atoms with Crippen LogP contribution in [-0.2, 0) is 17.8 Å². The molecule has 1 amide bonds. The molecule has 0 saturated heterocycles. The summed E-state index contributed by atoms with van der Waals surface area (Å²) in [6.45, 7) is 2.72. The normalized spacial score (nSPS) is 10.8. The number of para-hydroxylation sites is 1. The van der Waals surface area contributed by atoms with Gasteiger partial charge >= 0.3 is 0 Å². The standard InChI is InChI=1S/C27H24INO2/c1-20(30)29(16-15-21-11-13-23-7-5-6-8-24(23)17-21)27-18-22(12-14-26(27)28)19-31-25-9-3-2-4-10-25/h2-14,17-18H,15-16,19H2,1H3. The number of nitrogens with zero attached hydrogens (tertiary/aromatic N) is 1. The summed E-state index contributed by atoms with van der Waals surface area (Å²) in [5, 5.41) is 2.46. The Balaban J connectivity index is 1.50. The fourth-order valence-corrected chi connectivity index (χ4v) is 4.25. The molecule has 31 heavy (non-hydrogen) atoms. The maximum absolute atomic E-state index is 12.5. The summed E-state index contributed by atoms with van der Waals surface area (Å²) in [4.78, 5) is 14.4. The summed E-state index contributed by atoms with van der Waals surface area (Å²) in [6.07, 6.45) is 0.797. The first-order chi connectivity index (χ1) is 15.1. The summed E-state index contributed by atoms with van der Waals surface area (Å²) in [5.41, 5.74) is 3.20. The second-order valence-corrected chi connectivity index (χ2v) is 8.65. The maximum atomic E-state index is 12.5. The first-order valence-electron chi connectivity index (χ1n) is 10.3. The van der Waals surface area contributed by atoms with Gasteiger partial charge in [-0.2, -0.15) is 0 Å². The van der Waals surface area contributed by atoms with Gasteiger partial charge in [0.1, 0.15) is 12.4 Å². The Hall–Kier alpha value is -2.86. The number of rotatable bonds is 7. The molecule has 0 aromatic heterocycles. The number of hydrogen-bond acceptors (Lipinski definition) is 2. The number of ether oxygens (including phenoxy) is 1. The average Bonchev–Trinajstić information content (AvgIpc) is 2.80. The van der Waals surface area contributed by atoms with Crippen LogP contribution >= 0.6 is 22.6 Å². The Morgan fingerprint density at radius 2 is 1.55 bits per heavy atom. The van der Waals surface area contributed by atoms with Crippen molar-refractivity contribution in [3.05, 3.63) is 106 Å². The van der Waals surface area contributed by atoms with Gasteiger partial charge in [-0.1, -0.05) is 66.7 Å². The summed E-state index contributed by atoms with van der Waals surface area (Å²) < 4.78 is 6.94. The molecule has 0 aliphatic heterocycles. The highest BCUT2D eigenvalue weighted by atomic mass is 127. The van der Waals surface area contributed by atoms with Crippen molar-refractivity contribution in [2.24, 2.45) is 0 Å². The molecule has 0 heterocycles. The zero-order chi connectivity index (χ0) is 21.6. The molecule has 0 radical (unpaired) electrons. The van der Waals surface area contributed by atoms with Crippen LogP contribution in [0.15, 0.2) is 91.0 Å². The first kappa shape index (κ1) is 21.4. The molecule has 0 aliphatic carbocycles. The minimum atomic E-state index is 0.0415. The van der Waals surface area contributed by atoms with Crippen LogP contribution in [0, 0.1) is 3.57 Å². The lowest BCUT2D eigenvalue weighted by atomic mass is 10.0.